The fourth-order valence-corrected chi connectivity index (χ4v) is 3.84. The quantitative estimate of drug-likeness (QED) is 0.296. The summed E-state index contributed by atoms with van der Waals surface area (Å²) in [6.07, 6.45) is 7.93. The second-order valence-electron chi connectivity index (χ2n) is 7.80. The number of fused-ring (bicyclic) bond motifs is 1. The van der Waals surface area contributed by atoms with Gasteiger partial charge in [0.25, 0.3) is 0 Å². The lowest BCUT2D eigenvalue weighted by atomic mass is 9.96. The van der Waals surface area contributed by atoms with E-state index < -0.39 is 5.97 Å². The standard InChI is InChI=1S/C28H29N3O3/c1-4-6-24(19-27(32)33)22-9-11-26(12-10-22)34-20-25-8-7-23-13-18-31(28(23)21(25)2)17-5-14-30-16-15-29-3/h7-16,18,24H,3,5,17,19-20H2,1-2H3,(H,32,33)/b16-15-,30-14?/t24-/m0/s1. The van der Waals surface area contributed by atoms with Crippen molar-refractivity contribution >= 4 is 29.8 Å². The Morgan fingerprint density at radius 3 is 2.71 bits per heavy atom. The van der Waals surface area contributed by atoms with Crippen LogP contribution in [0.15, 0.2) is 71.0 Å². The van der Waals surface area contributed by atoms with Crippen LogP contribution in [0, 0.1) is 18.8 Å². The zero-order valence-corrected chi connectivity index (χ0v) is 19.6. The average molecular weight is 456 g/mol. The summed E-state index contributed by atoms with van der Waals surface area (Å²) >= 11 is 0. The maximum atomic E-state index is 11.1. The van der Waals surface area contributed by atoms with Crippen molar-refractivity contribution in [1.82, 2.24) is 4.57 Å². The molecule has 0 aliphatic heterocycles. The molecule has 1 N–H and O–H groups in total. The molecule has 0 spiro atoms. The van der Waals surface area contributed by atoms with E-state index in [4.69, 9.17) is 9.84 Å². The predicted octanol–water partition coefficient (Wildman–Crippen LogP) is 5.74. The predicted molar refractivity (Wildman–Crippen MR) is 138 cm³/mol. The van der Waals surface area contributed by atoms with E-state index in [2.05, 4.69) is 64.4 Å². The van der Waals surface area contributed by atoms with Gasteiger partial charge in [0.15, 0.2) is 0 Å². The molecular formula is C28H29N3O3. The van der Waals surface area contributed by atoms with Gasteiger partial charge in [-0.3, -0.25) is 14.8 Å². The number of aryl methyl sites for hydroxylation is 2. The zero-order valence-electron chi connectivity index (χ0n) is 19.6. The summed E-state index contributed by atoms with van der Waals surface area (Å²) in [5.41, 5.74) is 4.37. The molecule has 6 nitrogen and oxygen atoms in total. The van der Waals surface area contributed by atoms with Crippen molar-refractivity contribution in [2.24, 2.45) is 9.98 Å². The number of carbonyl (C=O) groups is 1. The van der Waals surface area contributed by atoms with Gasteiger partial charge in [-0.1, -0.05) is 30.2 Å². The van der Waals surface area contributed by atoms with Crippen LogP contribution < -0.4 is 4.74 Å². The molecule has 1 heterocycles. The molecule has 0 radical (unpaired) electrons. The number of aromatic nitrogens is 1. The molecule has 6 heteroatoms. The summed E-state index contributed by atoms with van der Waals surface area (Å²) in [7, 11) is 0. The first-order chi connectivity index (χ1) is 16.5. The highest BCUT2D eigenvalue weighted by atomic mass is 16.5. The van der Waals surface area contributed by atoms with Gasteiger partial charge in [0, 0.05) is 37.8 Å². The van der Waals surface area contributed by atoms with Gasteiger partial charge >= 0.3 is 5.97 Å². The number of hydrogen-bond acceptors (Lipinski definition) is 4. The molecule has 34 heavy (non-hydrogen) atoms. The summed E-state index contributed by atoms with van der Waals surface area (Å²) < 4.78 is 8.28. The van der Waals surface area contributed by atoms with Gasteiger partial charge in [0.2, 0.25) is 0 Å². The van der Waals surface area contributed by atoms with Crippen molar-refractivity contribution in [3.05, 3.63) is 77.8 Å². The number of rotatable bonds is 11. The minimum absolute atomic E-state index is 0.0194. The van der Waals surface area contributed by atoms with Crippen molar-refractivity contribution in [2.45, 2.75) is 45.8 Å². The Kier molecular flexibility index (Phi) is 8.81. The van der Waals surface area contributed by atoms with Crippen molar-refractivity contribution in [2.75, 3.05) is 0 Å². The maximum absolute atomic E-state index is 11.1. The molecule has 0 unspecified atom stereocenters. The van der Waals surface area contributed by atoms with Crippen LogP contribution in [0.2, 0.25) is 0 Å². The Balaban J connectivity index is 1.69. The highest BCUT2D eigenvalue weighted by molar-refractivity contribution is 5.84. The molecular weight excluding hydrogens is 426 g/mol. The average Bonchev–Trinajstić information content (AvgIpc) is 3.24. The molecule has 1 aromatic heterocycles. The lowest BCUT2D eigenvalue weighted by Gasteiger charge is -2.13. The molecule has 3 rings (SSSR count). The highest BCUT2D eigenvalue weighted by Gasteiger charge is 2.13. The van der Waals surface area contributed by atoms with Gasteiger partial charge in [-0.2, -0.15) is 0 Å². The molecule has 0 bridgehead atoms. The van der Waals surface area contributed by atoms with Gasteiger partial charge in [0.05, 0.1) is 17.9 Å². The molecule has 0 amide bonds. The molecule has 1 atom stereocenters. The van der Waals surface area contributed by atoms with Crippen LogP contribution >= 0.6 is 0 Å². The van der Waals surface area contributed by atoms with Crippen molar-refractivity contribution in [3.8, 4) is 17.6 Å². The second-order valence-corrected chi connectivity index (χ2v) is 7.80. The third-order valence-electron chi connectivity index (χ3n) is 5.53. The number of hydrogen-bond donors (Lipinski definition) is 1. The van der Waals surface area contributed by atoms with E-state index in [1.807, 2.05) is 30.5 Å². The number of benzene rings is 2. The molecule has 3 aromatic rings. The summed E-state index contributed by atoms with van der Waals surface area (Å²) in [6.45, 7) is 8.49. The lowest BCUT2D eigenvalue weighted by Crippen LogP contribution is -2.05. The van der Waals surface area contributed by atoms with Gasteiger partial charge < -0.3 is 14.4 Å². The van der Waals surface area contributed by atoms with Crippen LogP contribution in [0.3, 0.4) is 0 Å². The maximum Gasteiger partial charge on any atom is 0.304 e. The topological polar surface area (TPSA) is 76.2 Å². The van der Waals surface area contributed by atoms with E-state index in [0.29, 0.717) is 6.61 Å². The van der Waals surface area contributed by atoms with E-state index in [9.17, 15) is 4.79 Å². The molecule has 0 saturated heterocycles. The Hall–Kier alpha value is -4.11. The van der Waals surface area contributed by atoms with Crippen LogP contribution in [-0.4, -0.2) is 28.6 Å². The van der Waals surface area contributed by atoms with E-state index in [1.54, 1.807) is 19.3 Å². The first kappa shape index (κ1) is 24.5. The van der Waals surface area contributed by atoms with Crippen LogP contribution in [0.25, 0.3) is 10.9 Å². The fourth-order valence-electron chi connectivity index (χ4n) is 3.84. The van der Waals surface area contributed by atoms with Gasteiger partial charge in [-0.05, 0) is 60.8 Å². The minimum Gasteiger partial charge on any atom is -0.489 e. The molecule has 2 aromatic carbocycles. The first-order valence-corrected chi connectivity index (χ1v) is 11.1. The zero-order chi connectivity index (χ0) is 24.3. The van der Waals surface area contributed by atoms with Crippen molar-refractivity contribution in [3.63, 3.8) is 0 Å². The Labute approximate surface area is 200 Å². The van der Waals surface area contributed by atoms with Crippen LogP contribution in [-0.2, 0) is 17.9 Å². The van der Waals surface area contributed by atoms with E-state index in [0.717, 1.165) is 29.8 Å². The Bertz CT molecular complexity index is 1260. The molecule has 0 saturated carbocycles. The highest BCUT2D eigenvalue weighted by Crippen LogP contribution is 2.26. The summed E-state index contributed by atoms with van der Waals surface area (Å²) in [5, 5.41) is 10.3. The number of aliphatic imine (C=N–C) groups is 2. The SMILES string of the molecule is C=N/C=C\N=CCCn1ccc2ccc(COc3ccc([C@@H](C#CC)CC(=O)O)cc3)c(C)c21. The Morgan fingerprint density at radius 1 is 1.21 bits per heavy atom. The number of carboxylic acid groups (broad SMARTS) is 1. The Morgan fingerprint density at radius 2 is 2.00 bits per heavy atom. The summed E-state index contributed by atoms with van der Waals surface area (Å²) in [4.78, 5) is 18.9. The molecule has 0 aliphatic rings. The smallest absolute Gasteiger partial charge is 0.304 e. The first-order valence-electron chi connectivity index (χ1n) is 11.1. The van der Waals surface area contributed by atoms with Crippen LogP contribution in [0.4, 0.5) is 0 Å². The van der Waals surface area contributed by atoms with Gasteiger partial charge in [-0.15, -0.1) is 5.92 Å². The lowest BCUT2D eigenvalue weighted by molar-refractivity contribution is -0.137. The third kappa shape index (κ3) is 6.46. The normalized spacial score (nSPS) is 12.1. The van der Waals surface area contributed by atoms with E-state index >= 15 is 0 Å². The third-order valence-corrected chi connectivity index (χ3v) is 5.53. The van der Waals surface area contributed by atoms with Crippen molar-refractivity contribution < 1.29 is 14.6 Å². The number of nitrogens with zero attached hydrogens (tertiary/aromatic N) is 3. The summed E-state index contributed by atoms with van der Waals surface area (Å²) in [5.74, 6) is 5.33. The van der Waals surface area contributed by atoms with Gasteiger partial charge in [0.1, 0.15) is 12.4 Å². The second kappa shape index (κ2) is 12.2. The summed E-state index contributed by atoms with van der Waals surface area (Å²) in [6, 6.07) is 13.9. The van der Waals surface area contributed by atoms with Crippen LogP contribution in [0.1, 0.15) is 42.4 Å². The van der Waals surface area contributed by atoms with Crippen molar-refractivity contribution in [1.29, 1.82) is 0 Å². The molecule has 0 aliphatic carbocycles. The number of carboxylic acids is 1. The minimum atomic E-state index is -0.863. The molecule has 174 valence electrons. The fraction of sp³-hybridized carbons (Fsp3) is 0.250. The van der Waals surface area contributed by atoms with E-state index in [-0.39, 0.29) is 12.3 Å². The van der Waals surface area contributed by atoms with E-state index in [1.165, 1.54) is 16.5 Å². The molecule has 0 fully saturated rings. The van der Waals surface area contributed by atoms with Gasteiger partial charge in [-0.25, -0.2) is 0 Å². The monoisotopic (exact) mass is 455 g/mol. The largest absolute Gasteiger partial charge is 0.489 e. The number of aliphatic carboxylic acids is 1. The van der Waals surface area contributed by atoms with Crippen LogP contribution in [0.5, 0.6) is 5.75 Å². The number of ether oxygens (including phenoxy) is 1.